The number of carbonyl (C=O) groups excluding carboxylic acids is 3. The molecule has 0 radical (unpaired) electrons. The van der Waals surface area contributed by atoms with Crippen LogP contribution in [0.1, 0.15) is 49.3 Å². The fraction of sp³-hybridized carbons (Fsp3) is 0.333. The van der Waals surface area contributed by atoms with Crippen molar-refractivity contribution in [2.24, 2.45) is 0 Å². The van der Waals surface area contributed by atoms with Crippen LogP contribution in [0.15, 0.2) is 54.7 Å². The van der Waals surface area contributed by atoms with Crippen molar-refractivity contribution in [1.82, 2.24) is 15.3 Å². The number of rotatable bonds is 7. The van der Waals surface area contributed by atoms with Crippen LogP contribution in [0, 0.1) is 23.0 Å². The van der Waals surface area contributed by atoms with Crippen LogP contribution in [0.3, 0.4) is 0 Å². The summed E-state index contributed by atoms with van der Waals surface area (Å²) in [5.41, 5.74) is -3.08. The maximum absolute atomic E-state index is 14.5. The third-order valence-electron chi connectivity index (χ3n) is 7.90. The zero-order valence-electron chi connectivity index (χ0n) is 23.3. The Morgan fingerprint density at radius 3 is 2.42 bits per heavy atom. The Labute approximate surface area is 259 Å². The molecule has 10 nitrogen and oxygen atoms in total. The zero-order valence-corrected chi connectivity index (χ0v) is 24.1. The third-order valence-corrected chi connectivity index (χ3v) is 8.24. The largest absolute Gasteiger partial charge is 0.383 e. The second kappa shape index (κ2) is 12.4. The Balaban J connectivity index is 1.71. The molecule has 3 aromatic rings. The standard InChI is InChI=1S/C30H25ClF4N6O4/c31-22-4-2-1-3-21(22)24(25(43)38-18-5-8-29(34,35)9-6-18)30(27(45)39-20-12-16(32)11-17(33)13-20)14-23(42)26(44)41(30)28-37-10-7-19(15-36)40-28/h1-4,7,10-13,18,23-24,42H,5-6,8-9,14H2,(H,38,43)(H,39,45)/t23?,24-,30?/m0/s1. The molecule has 15 heteroatoms. The molecule has 2 aromatic carbocycles. The van der Waals surface area contributed by atoms with Crippen LogP contribution < -0.4 is 15.5 Å². The summed E-state index contributed by atoms with van der Waals surface area (Å²) >= 11 is 6.55. The summed E-state index contributed by atoms with van der Waals surface area (Å²) in [5.74, 6) is -10.5. The van der Waals surface area contributed by atoms with Crippen LogP contribution in [-0.4, -0.2) is 56.4 Å². The number of nitriles is 1. The second-order valence-corrected chi connectivity index (χ2v) is 11.3. The number of hydrogen-bond donors (Lipinski definition) is 3. The number of nitrogens with one attached hydrogen (secondary N) is 2. The van der Waals surface area contributed by atoms with E-state index in [4.69, 9.17) is 11.6 Å². The van der Waals surface area contributed by atoms with Gasteiger partial charge in [0.15, 0.2) is 0 Å². The maximum atomic E-state index is 14.5. The highest BCUT2D eigenvalue weighted by atomic mass is 35.5. The number of benzene rings is 2. The quantitative estimate of drug-likeness (QED) is 0.326. The van der Waals surface area contributed by atoms with E-state index < -0.39 is 84.1 Å². The van der Waals surface area contributed by atoms with Crippen LogP contribution in [-0.2, 0) is 14.4 Å². The lowest BCUT2D eigenvalue weighted by molar-refractivity contribution is -0.132. The number of aliphatic hydroxyl groups is 1. The van der Waals surface area contributed by atoms with Crippen molar-refractivity contribution in [3.05, 3.63) is 82.6 Å². The van der Waals surface area contributed by atoms with Crippen LogP contribution in [0.5, 0.6) is 0 Å². The Kier molecular flexibility index (Phi) is 8.77. The summed E-state index contributed by atoms with van der Waals surface area (Å²) in [5, 5.41) is 25.4. The lowest BCUT2D eigenvalue weighted by Crippen LogP contribution is -2.62. The number of aromatic nitrogens is 2. The molecule has 3 amide bonds. The van der Waals surface area contributed by atoms with E-state index in [9.17, 15) is 42.3 Å². The molecule has 1 saturated heterocycles. The van der Waals surface area contributed by atoms with Gasteiger partial charge in [0, 0.05) is 48.3 Å². The molecule has 3 N–H and O–H groups in total. The summed E-state index contributed by atoms with van der Waals surface area (Å²) in [6.45, 7) is 0. The number of nitrogens with zero attached hydrogens (tertiary/aromatic N) is 4. The molecular formula is C30H25ClF4N6O4. The van der Waals surface area contributed by atoms with E-state index in [1.54, 1.807) is 6.07 Å². The molecule has 3 atom stereocenters. The van der Waals surface area contributed by atoms with Crippen molar-refractivity contribution in [1.29, 1.82) is 5.26 Å². The summed E-state index contributed by atoms with van der Waals surface area (Å²) in [6.07, 6.45) is -2.73. The van der Waals surface area contributed by atoms with Crippen LogP contribution in [0.25, 0.3) is 0 Å². The molecule has 1 saturated carbocycles. The average molecular weight is 645 g/mol. The number of carbonyl (C=O) groups is 3. The molecule has 2 fully saturated rings. The van der Waals surface area contributed by atoms with Gasteiger partial charge in [-0.3, -0.25) is 19.3 Å². The van der Waals surface area contributed by atoms with Gasteiger partial charge in [-0.2, -0.15) is 5.26 Å². The molecule has 1 aromatic heterocycles. The van der Waals surface area contributed by atoms with Crippen LogP contribution >= 0.6 is 11.6 Å². The predicted octanol–water partition coefficient (Wildman–Crippen LogP) is 4.23. The minimum absolute atomic E-state index is 0.00159. The Hall–Kier alpha value is -4.61. The van der Waals surface area contributed by atoms with Gasteiger partial charge in [0.05, 0.1) is 5.92 Å². The normalized spacial score (nSPS) is 22.0. The lowest BCUT2D eigenvalue weighted by atomic mass is 9.74. The maximum Gasteiger partial charge on any atom is 0.259 e. The van der Waals surface area contributed by atoms with E-state index in [2.05, 4.69) is 20.6 Å². The van der Waals surface area contributed by atoms with E-state index >= 15 is 0 Å². The molecule has 5 rings (SSSR count). The second-order valence-electron chi connectivity index (χ2n) is 10.9. The predicted molar refractivity (Wildman–Crippen MR) is 152 cm³/mol. The van der Waals surface area contributed by atoms with Crippen LogP contribution in [0.2, 0.25) is 5.02 Å². The van der Waals surface area contributed by atoms with Gasteiger partial charge in [-0.1, -0.05) is 29.8 Å². The highest BCUT2D eigenvalue weighted by molar-refractivity contribution is 6.32. The van der Waals surface area contributed by atoms with E-state index in [0.29, 0.717) is 11.0 Å². The fourth-order valence-corrected chi connectivity index (χ4v) is 6.09. The Bertz CT molecular complexity index is 1670. The minimum Gasteiger partial charge on any atom is -0.383 e. The van der Waals surface area contributed by atoms with E-state index in [1.807, 2.05) is 0 Å². The first-order chi connectivity index (χ1) is 21.3. The highest BCUT2D eigenvalue weighted by Crippen LogP contribution is 2.47. The summed E-state index contributed by atoms with van der Waals surface area (Å²) in [7, 11) is 0. The molecule has 0 bridgehead atoms. The van der Waals surface area contributed by atoms with E-state index in [1.165, 1.54) is 30.3 Å². The topological polar surface area (TPSA) is 148 Å². The number of aliphatic hydroxyl groups excluding tert-OH is 1. The highest BCUT2D eigenvalue weighted by Gasteiger charge is 2.64. The molecule has 234 valence electrons. The number of hydrogen-bond acceptors (Lipinski definition) is 7. The van der Waals surface area contributed by atoms with Gasteiger partial charge >= 0.3 is 0 Å². The van der Waals surface area contributed by atoms with Crippen molar-refractivity contribution >= 4 is 41.0 Å². The first kappa shape index (κ1) is 31.8. The van der Waals surface area contributed by atoms with Gasteiger partial charge < -0.3 is 15.7 Å². The fourth-order valence-electron chi connectivity index (χ4n) is 5.85. The third kappa shape index (κ3) is 6.31. The average Bonchev–Trinajstić information content (AvgIpc) is 3.25. The van der Waals surface area contributed by atoms with Crippen molar-refractivity contribution in [3.63, 3.8) is 0 Å². The lowest BCUT2D eigenvalue weighted by Gasteiger charge is -2.42. The van der Waals surface area contributed by atoms with Gasteiger partial charge in [-0.15, -0.1) is 0 Å². The van der Waals surface area contributed by atoms with Gasteiger partial charge in [0.25, 0.3) is 11.8 Å². The van der Waals surface area contributed by atoms with Crippen molar-refractivity contribution < 1.29 is 37.1 Å². The summed E-state index contributed by atoms with van der Waals surface area (Å²) in [6, 6.07) is 10.3. The Morgan fingerprint density at radius 1 is 1.11 bits per heavy atom. The molecule has 2 heterocycles. The summed E-state index contributed by atoms with van der Waals surface area (Å²) < 4.78 is 56.1. The van der Waals surface area contributed by atoms with Crippen molar-refractivity contribution in [2.75, 3.05) is 10.2 Å². The molecule has 1 aliphatic heterocycles. The molecule has 1 aliphatic carbocycles. The minimum atomic E-state index is -2.91. The molecule has 2 unspecified atom stereocenters. The van der Waals surface area contributed by atoms with Crippen LogP contribution in [0.4, 0.5) is 29.2 Å². The van der Waals surface area contributed by atoms with Gasteiger partial charge in [-0.25, -0.2) is 27.5 Å². The Morgan fingerprint density at radius 2 is 1.78 bits per heavy atom. The number of anilines is 2. The molecule has 0 spiro atoms. The van der Waals surface area contributed by atoms with E-state index in [0.717, 1.165) is 18.3 Å². The van der Waals surface area contributed by atoms with E-state index in [-0.39, 0.29) is 34.8 Å². The van der Waals surface area contributed by atoms with Gasteiger partial charge in [0.1, 0.15) is 35.0 Å². The molecule has 2 aliphatic rings. The van der Waals surface area contributed by atoms with Gasteiger partial charge in [0.2, 0.25) is 17.8 Å². The monoisotopic (exact) mass is 644 g/mol. The smallest absolute Gasteiger partial charge is 0.259 e. The number of halogens is 5. The molecular weight excluding hydrogens is 620 g/mol. The first-order valence-corrected chi connectivity index (χ1v) is 14.2. The number of alkyl halides is 2. The van der Waals surface area contributed by atoms with Crippen molar-refractivity contribution in [3.8, 4) is 6.07 Å². The summed E-state index contributed by atoms with van der Waals surface area (Å²) in [4.78, 5) is 51.2. The zero-order chi connectivity index (χ0) is 32.5. The number of amides is 3. The molecule has 45 heavy (non-hydrogen) atoms. The first-order valence-electron chi connectivity index (χ1n) is 13.8. The SMILES string of the molecule is N#Cc1ccnc(N2C(=O)C(O)CC2(C(=O)Nc2cc(F)cc(F)c2)[C@H](C(=O)NC2CCC(F)(F)CC2)c2ccccc2Cl)n1. The van der Waals surface area contributed by atoms with Gasteiger partial charge in [-0.05, 0) is 42.7 Å². The van der Waals surface area contributed by atoms with Crippen molar-refractivity contribution in [2.45, 2.75) is 61.6 Å².